The Bertz CT molecular complexity index is 1090. The van der Waals surface area contributed by atoms with Crippen LogP contribution in [0.3, 0.4) is 0 Å². The Kier molecular flexibility index (Phi) is 5.94. The van der Waals surface area contributed by atoms with Gasteiger partial charge in [0.2, 0.25) is 5.95 Å². The number of anilines is 3. The van der Waals surface area contributed by atoms with Gasteiger partial charge in [0.1, 0.15) is 11.6 Å². The highest BCUT2D eigenvalue weighted by molar-refractivity contribution is 5.67. The van der Waals surface area contributed by atoms with Crippen LogP contribution in [-0.4, -0.2) is 28.5 Å². The first kappa shape index (κ1) is 19.5. The van der Waals surface area contributed by atoms with Crippen LogP contribution in [0.4, 0.5) is 21.8 Å². The number of benzene rings is 2. The normalized spacial score (nSPS) is 10.6. The van der Waals surface area contributed by atoms with Gasteiger partial charge in [0.25, 0.3) is 0 Å². The van der Waals surface area contributed by atoms with E-state index in [0.29, 0.717) is 11.8 Å². The third kappa shape index (κ3) is 4.97. The summed E-state index contributed by atoms with van der Waals surface area (Å²) in [4.78, 5) is 15.6. The van der Waals surface area contributed by atoms with Crippen LogP contribution in [0.5, 0.6) is 0 Å². The lowest BCUT2D eigenvalue weighted by molar-refractivity contribution is 0.628. The van der Waals surface area contributed by atoms with Crippen LogP contribution in [0.15, 0.2) is 85.2 Å². The molecule has 2 aromatic heterocycles. The molecular weight excluding hydrogens is 377 g/mol. The molecule has 0 bridgehead atoms. The fraction of sp³-hybridized carbons (Fsp3) is 0.125. The molecule has 0 unspecified atom stereocenters. The number of likely N-dealkylation sites (N-methyl/N-ethyl adjacent to an activating group) is 1. The maximum Gasteiger partial charge on any atom is 0.227 e. The highest BCUT2D eigenvalue weighted by Crippen LogP contribution is 2.25. The molecular formula is C24H22FN5. The lowest BCUT2D eigenvalue weighted by Gasteiger charge is -2.19. The van der Waals surface area contributed by atoms with E-state index in [-0.39, 0.29) is 5.82 Å². The average molecular weight is 399 g/mol. The number of hydrogen-bond acceptors (Lipinski definition) is 5. The summed E-state index contributed by atoms with van der Waals surface area (Å²) >= 11 is 0. The summed E-state index contributed by atoms with van der Waals surface area (Å²) in [5, 5.41) is 3.26. The fourth-order valence-corrected chi connectivity index (χ4v) is 3.05. The number of halogens is 1. The second-order valence-electron chi connectivity index (χ2n) is 6.96. The molecule has 0 radical (unpaired) electrons. The van der Waals surface area contributed by atoms with E-state index in [1.807, 2.05) is 60.5 Å². The summed E-state index contributed by atoms with van der Waals surface area (Å²) in [6, 6.07) is 22.1. The van der Waals surface area contributed by atoms with Crippen LogP contribution >= 0.6 is 0 Å². The molecule has 0 atom stereocenters. The van der Waals surface area contributed by atoms with Crippen LogP contribution in [0, 0.1) is 5.82 Å². The van der Waals surface area contributed by atoms with E-state index in [1.165, 1.54) is 17.7 Å². The lowest BCUT2D eigenvalue weighted by Crippen LogP contribution is -2.23. The summed E-state index contributed by atoms with van der Waals surface area (Å²) in [7, 11) is 1.98. The molecule has 0 amide bonds. The molecule has 1 N–H and O–H groups in total. The molecule has 0 aliphatic carbocycles. The number of nitrogens with one attached hydrogen (secondary N) is 1. The van der Waals surface area contributed by atoms with Crippen LogP contribution in [0.2, 0.25) is 0 Å². The largest absolute Gasteiger partial charge is 0.343 e. The third-order valence-corrected chi connectivity index (χ3v) is 4.73. The minimum Gasteiger partial charge on any atom is -0.343 e. The van der Waals surface area contributed by atoms with E-state index >= 15 is 0 Å². The second-order valence-corrected chi connectivity index (χ2v) is 6.96. The molecule has 30 heavy (non-hydrogen) atoms. The summed E-state index contributed by atoms with van der Waals surface area (Å²) < 4.78 is 13.2. The third-order valence-electron chi connectivity index (χ3n) is 4.73. The fourth-order valence-electron chi connectivity index (χ4n) is 3.05. The molecule has 0 saturated carbocycles. The van der Waals surface area contributed by atoms with E-state index < -0.39 is 0 Å². The summed E-state index contributed by atoms with van der Waals surface area (Å²) in [6.45, 7) is 0.762. The SMILES string of the molecule is CN(CCc1ccncc1)c1nc(Nc2ccc(F)cc2)cc(-c2ccccc2)n1. The van der Waals surface area contributed by atoms with Gasteiger partial charge in [-0.1, -0.05) is 30.3 Å². The summed E-state index contributed by atoms with van der Waals surface area (Å²) in [6.07, 6.45) is 4.46. The molecule has 5 nitrogen and oxygen atoms in total. The predicted molar refractivity (Wildman–Crippen MR) is 118 cm³/mol. The zero-order valence-electron chi connectivity index (χ0n) is 16.7. The number of pyridine rings is 1. The second kappa shape index (κ2) is 9.13. The average Bonchev–Trinajstić information content (AvgIpc) is 2.80. The van der Waals surface area contributed by atoms with Crippen molar-refractivity contribution in [1.82, 2.24) is 15.0 Å². The van der Waals surface area contributed by atoms with Crippen LogP contribution in [0.25, 0.3) is 11.3 Å². The van der Waals surface area contributed by atoms with Gasteiger partial charge in [-0.3, -0.25) is 4.98 Å². The first-order valence-corrected chi connectivity index (χ1v) is 9.74. The van der Waals surface area contributed by atoms with E-state index in [2.05, 4.69) is 15.3 Å². The van der Waals surface area contributed by atoms with Crippen molar-refractivity contribution in [2.75, 3.05) is 23.8 Å². The smallest absolute Gasteiger partial charge is 0.227 e. The van der Waals surface area contributed by atoms with E-state index in [1.54, 1.807) is 24.5 Å². The maximum atomic E-state index is 13.2. The summed E-state index contributed by atoms with van der Waals surface area (Å²) in [5.41, 5.74) is 3.80. The van der Waals surface area contributed by atoms with Crippen LogP contribution < -0.4 is 10.2 Å². The minimum atomic E-state index is -0.273. The number of aromatic nitrogens is 3. The van der Waals surface area contributed by atoms with Crippen molar-refractivity contribution in [2.24, 2.45) is 0 Å². The van der Waals surface area contributed by atoms with Crippen molar-refractivity contribution in [3.8, 4) is 11.3 Å². The highest BCUT2D eigenvalue weighted by atomic mass is 19.1. The van der Waals surface area contributed by atoms with Crippen molar-refractivity contribution in [3.05, 3.63) is 96.6 Å². The Hall–Kier alpha value is -3.80. The molecule has 2 aromatic carbocycles. The first-order valence-electron chi connectivity index (χ1n) is 9.74. The standard InChI is InChI=1S/C24H22FN5/c1-30(16-13-18-11-14-26-15-12-18)24-28-22(19-5-3-2-4-6-19)17-23(29-24)27-21-9-7-20(25)8-10-21/h2-12,14-15,17H,13,16H2,1H3,(H,27,28,29). The number of nitrogens with zero attached hydrogens (tertiary/aromatic N) is 4. The van der Waals surface area contributed by atoms with Gasteiger partial charge in [0, 0.05) is 43.3 Å². The van der Waals surface area contributed by atoms with Crippen molar-refractivity contribution < 1.29 is 4.39 Å². The van der Waals surface area contributed by atoms with Gasteiger partial charge in [0.15, 0.2) is 0 Å². The first-order chi connectivity index (χ1) is 14.7. The Morgan fingerprint density at radius 1 is 0.900 bits per heavy atom. The van der Waals surface area contributed by atoms with Gasteiger partial charge in [0.05, 0.1) is 5.69 Å². The molecule has 4 aromatic rings. The molecule has 0 fully saturated rings. The Labute approximate surface area is 175 Å². The molecule has 150 valence electrons. The van der Waals surface area contributed by atoms with Gasteiger partial charge in [-0.15, -0.1) is 0 Å². The Morgan fingerprint density at radius 2 is 1.63 bits per heavy atom. The molecule has 4 rings (SSSR count). The number of rotatable bonds is 7. The van der Waals surface area contributed by atoms with Gasteiger partial charge in [-0.25, -0.2) is 9.37 Å². The van der Waals surface area contributed by atoms with Gasteiger partial charge < -0.3 is 10.2 Å². The lowest BCUT2D eigenvalue weighted by atomic mass is 10.1. The molecule has 0 saturated heterocycles. The molecule has 0 aliphatic rings. The zero-order chi connectivity index (χ0) is 20.8. The van der Waals surface area contributed by atoms with Gasteiger partial charge >= 0.3 is 0 Å². The summed E-state index contributed by atoms with van der Waals surface area (Å²) in [5.74, 6) is 1.00. The quantitative estimate of drug-likeness (QED) is 0.469. The maximum absolute atomic E-state index is 13.2. The Balaban J connectivity index is 1.61. The topological polar surface area (TPSA) is 53.9 Å². The van der Waals surface area contributed by atoms with Gasteiger partial charge in [-0.2, -0.15) is 4.98 Å². The molecule has 2 heterocycles. The van der Waals surface area contributed by atoms with Crippen molar-refractivity contribution in [1.29, 1.82) is 0 Å². The van der Waals surface area contributed by atoms with Crippen LogP contribution in [0.1, 0.15) is 5.56 Å². The molecule has 0 aliphatic heterocycles. The molecule has 0 spiro atoms. The van der Waals surface area contributed by atoms with E-state index in [0.717, 1.165) is 29.9 Å². The Morgan fingerprint density at radius 3 is 2.37 bits per heavy atom. The minimum absolute atomic E-state index is 0.273. The van der Waals surface area contributed by atoms with Crippen molar-refractivity contribution >= 4 is 17.5 Å². The highest BCUT2D eigenvalue weighted by Gasteiger charge is 2.11. The van der Waals surface area contributed by atoms with E-state index in [9.17, 15) is 4.39 Å². The van der Waals surface area contributed by atoms with Crippen LogP contribution in [-0.2, 0) is 6.42 Å². The van der Waals surface area contributed by atoms with Gasteiger partial charge in [-0.05, 0) is 48.4 Å². The van der Waals surface area contributed by atoms with Crippen molar-refractivity contribution in [2.45, 2.75) is 6.42 Å². The zero-order valence-corrected chi connectivity index (χ0v) is 16.7. The van der Waals surface area contributed by atoms with Crippen molar-refractivity contribution in [3.63, 3.8) is 0 Å². The monoisotopic (exact) mass is 399 g/mol. The molecule has 6 heteroatoms. The van der Waals surface area contributed by atoms with E-state index in [4.69, 9.17) is 4.98 Å². The predicted octanol–water partition coefficient (Wildman–Crippen LogP) is 5.10. The number of hydrogen-bond donors (Lipinski definition) is 1.